The smallest absolute Gasteiger partial charge is 0.227 e. The third-order valence-corrected chi connectivity index (χ3v) is 6.94. The van der Waals surface area contributed by atoms with Crippen LogP contribution in [-0.4, -0.2) is 81.9 Å². The third-order valence-electron chi connectivity index (χ3n) is 6.20. The van der Waals surface area contributed by atoms with E-state index in [1.165, 1.54) is 0 Å². The van der Waals surface area contributed by atoms with Crippen LogP contribution in [0.1, 0.15) is 23.6 Å². The Morgan fingerprint density at radius 2 is 1.91 bits per heavy atom. The summed E-state index contributed by atoms with van der Waals surface area (Å²) in [6.07, 6.45) is 1.37. The summed E-state index contributed by atoms with van der Waals surface area (Å²) < 4.78 is 10.5. The molecule has 0 aromatic heterocycles. The number of likely N-dealkylation sites (N-methyl/N-ethyl adjacent to an activating group) is 1. The third kappa shape index (κ3) is 9.54. The molecule has 1 heterocycles. The standard InChI is InChI=1S/C26H35Cl2N3O3.ClH/c1-30(26(32)17-20-8-9-23(27)24(28)16-20)25(21-6-4-3-5-7-21)19-31-12-10-22(18-31)29-11-13-34-15-14-33-2;/h3-9,16,22,25,29H,10-15,17-19H2,1-2H3;1H/t22-,25?;/m0./s1. The molecule has 6 nitrogen and oxygen atoms in total. The van der Waals surface area contributed by atoms with Crippen LogP contribution in [0.25, 0.3) is 0 Å². The zero-order valence-electron chi connectivity index (χ0n) is 20.4. The van der Waals surface area contributed by atoms with Crippen LogP contribution in [0.3, 0.4) is 0 Å². The van der Waals surface area contributed by atoms with Crippen molar-refractivity contribution in [1.29, 1.82) is 0 Å². The van der Waals surface area contributed by atoms with Crippen LogP contribution in [-0.2, 0) is 20.7 Å². The van der Waals surface area contributed by atoms with E-state index in [4.69, 9.17) is 32.7 Å². The fourth-order valence-electron chi connectivity index (χ4n) is 4.24. The van der Waals surface area contributed by atoms with Crippen molar-refractivity contribution in [3.8, 4) is 0 Å². The number of carbonyl (C=O) groups excluding carboxylic acids is 1. The van der Waals surface area contributed by atoms with Crippen molar-refractivity contribution < 1.29 is 14.3 Å². The Morgan fingerprint density at radius 3 is 2.63 bits per heavy atom. The summed E-state index contributed by atoms with van der Waals surface area (Å²) in [5.41, 5.74) is 1.99. The first kappa shape index (κ1) is 29.8. The molecule has 1 unspecified atom stereocenters. The molecule has 0 saturated carbocycles. The molecule has 2 aromatic carbocycles. The number of amides is 1. The molecule has 1 aliphatic heterocycles. The van der Waals surface area contributed by atoms with E-state index in [0.29, 0.717) is 35.9 Å². The van der Waals surface area contributed by atoms with E-state index in [-0.39, 0.29) is 30.8 Å². The lowest BCUT2D eigenvalue weighted by atomic mass is 10.0. The first-order valence-corrected chi connectivity index (χ1v) is 12.5. The van der Waals surface area contributed by atoms with Crippen molar-refractivity contribution in [2.24, 2.45) is 0 Å². The second-order valence-electron chi connectivity index (χ2n) is 8.66. The minimum Gasteiger partial charge on any atom is -0.382 e. The maximum atomic E-state index is 13.2. The molecule has 0 aliphatic carbocycles. The van der Waals surface area contributed by atoms with E-state index in [9.17, 15) is 4.79 Å². The Bertz CT molecular complexity index is 904. The number of hydrogen-bond donors (Lipinski definition) is 1. The number of benzene rings is 2. The van der Waals surface area contributed by atoms with Crippen molar-refractivity contribution in [2.45, 2.75) is 24.9 Å². The van der Waals surface area contributed by atoms with Gasteiger partial charge in [-0.15, -0.1) is 12.4 Å². The summed E-state index contributed by atoms with van der Waals surface area (Å²) in [7, 11) is 3.57. The maximum absolute atomic E-state index is 13.2. The molecule has 2 aromatic rings. The Morgan fingerprint density at radius 1 is 1.14 bits per heavy atom. The van der Waals surface area contributed by atoms with E-state index < -0.39 is 0 Å². The van der Waals surface area contributed by atoms with Crippen LogP contribution >= 0.6 is 35.6 Å². The lowest BCUT2D eigenvalue weighted by Crippen LogP contribution is -2.41. The molecule has 2 atom stereocenters. The Hall–Kier alpha value is -1.38. The number of carbonyl (C=O) groups is 1. The molecule has 1 amide bonds. The lowest BCUT2D eigenvalue weighted by molar-refractivity contribution is -0.131. The average Bonchev–Trinajstić information content (AvgIpc) is 3.29. The van der Waals surface area contributed by atoms with Crippen molar-refractivity contribution in [2.75, 3.05) is 60.2 Å². The second kappa shape index (κ2) is 15.7. The molecule has 0 bridgehead atoms. The highest BCUT2D eigenvalue weighted by atomic mass is 35.5. The van der Waals surface area contributed by atoms with Gasteiger partial charge in [0.25, 0.3) is 0 Å². The number of ether oxygens (including phenoxy) is 2. The molecule has 1 saturated heterocycles. The van der Waals surface area contributed by atoms with E-state index in [1.54, 1.807) is 19.2 Å². The van der Waals surface area contributed by atoms with Gasteiger partial charge in [0.1, 0.15) is 0 Å². The van der Waals surface area contributed by atoms with Crippen molar-refractivity contribution >= 4 is 41.5 Å². The van der Waals surface area contributed by atoms with E-state index >= 15 is 0 Å². The highest BCUT2D eigenvalue weighted by Gasteiger charge is 2.28. The largest absolute Gasteiger partial charge is 0.382 e. The summed E-state index contributed by atoms with van der Waals surface area (Å²) in [4.78, 5) is 17.5. The minimum atomic E-state index is -0.0346. The zero-order valence-corrected chi connectivity index (χ0v) is 22.7. The number of rotatable bonds is 13. The van der Waals surface area contributed by atoms with Gasteiger partial charge in [0, 0.05) is 39.8 Å². The predicted octanol–water partition coefficient (Wildman–Crippen LogP) is 4.48. The summed E-state index contributed by atoms with van der Waals surface area (Å²) in [6.45, 7) is 5.49. The number of hydrogen-bond acceptors (Lipinski definition) is 5. The van der Waals surface area contributed by atoms with Gasteiger partial charge in [-0.3, -0.25) is 9.69 Å². The molecule has 1 aliphatic rings. The Labute approximate surface area is 225 Å². The molecule has 0 spiro atoms. The number of nitrogens with zero attached hydrogens (tertiary/aromatic N) is 2. The van der Waals surface area contributed by atoms with Gasteiger partial charge in [-0.2, -0.15) is 0 Å². The summed E-state index contributed by atoms with van der Waals surface area (Å²) in [6, 6.07) is 16.0. The maximum Gasteiger partial charge on any atom is 0.227 e. The number of halogens is 3. The van der Waals surface area contributed by atoms with Crippen molar-refractivity contribution in [1.82, 2.24) is 15.1 Å². The van der Waals surface area contributed by atoms with E-state index in [0.717, 1.165) is 43.7 Å². The number of nitrogens with one attached hydrogen (secondary N) is 1. The second-order valence-corrected chi connectivity index (χ2v) is 9.48. The Kier molecular flexibility index (Phi) is 13.4. The fraction of sp³-hybridized carbons (Fsp3) is 0.500. The molecule has 0 radical (unpaired) electrons. The Balaban J connectivity index is 0.00000432. The monoisotopic (exact) mass is 543 g/mol. The van der Waals surface area contributed by atoms with E-state index in [1.807, 2.05) is 36.2 Å². The first-order chi connectivity index (χ1) is 16.5. The van der Waals surface area contributed by atoms with Gasteiger partial charge < -0.3 is 19.7 Å². The van der Waals surface area contributed by atoms with Gasteiger partial charge in [0.05, 0.1) is 42.3 Å². The van der Waals surface area contributed by atoms with Crippen LogP contribution in [0, 0.1) is 0 Å². The van der Waals surface area contributed by atoms with Crippen LogP contribution in [0.15, 0.2) is 48.5 Å². The fourth-order valence-corrected chi connectivity index (χ4v) is 4.56. The van der Waals surface area contributed by atoms with Gasteiger partial charge in [0.15, 0.2) is 0 Å². The highest BCUT2D eigenvalue weighted by Crippen LogP contribution is 2.26. The molecule has 35 heavy (non-hydrogen) atoms. The minimum absolute atomic E-state index is 0. The van der Waals surface area contributed by atoms with Crippen molar-refractivity contribution in [3.63, 3.8) is 0 Å². The van der Waals surface area contributed by atoms with Crippen LogP contribution in [0.2, 0.25) is 10.0 Å². The summed E-state index contributed by atoms with van der Waals surface area (Å²) in [5.74, 6) is 0.0503. The van der Waals surface area contributed by atoms with Gasteiger partial charge in [0.2, 0.25) is 5.91 Å². The predicted molar refractivity (Wildman–Crippen MR) is 145 cm³/mol. The van der Waals surface area contributed by atoms with Crippen LogP contribution < -0.4 is 5.32 Å². The zero-order chi connectivity index (χ0) is 24.3. The molecule has 194 valence electrons. The van der Waals surface area contributed by atoms with Gasteiger partial charge in [-0.05, 0) is 36.2 Å². The summed E-state index contributed by atoms with van der Waals surface area (Å²) >= 11 is 12.2. The highest BCUT2D eigenvalue weighted by molar-refractivity contribution is 6.42. The first-order valence-electron chi connectivity index (χ1n) is 11.7. The molecule has 1 fully saturated rings. The summed E-state index contributed by atoms with van der Waals surface area (Å²) in [5, 5.41) is 4.54. The average molecular weight is 545 g/mol. The van der Waals surface area contributed by atoms with Gasteiger partial charge in [-0.25, -0.2) is 0 Å². The SMILES string of the molecule is COCCOCCN[C@H]1CCN(CC(c2ccccc2)N(C)C(=O)Cc2ccc(Cl)c(Cl)c2)C1.Cl. The molecule has 1 N–H and O–H groups in total. The number of methoxy groups -OCH3 is 1. The van der Waals surface area contributed by atoms with Gasteiger partial charge in [-0.1, -0.05) is 59.6 Å². The molecular weight excluding hydrogens is 509 g/mol. The van der Waals surface area contributed by atoms with Crippen molar-refractivity contribution in [3.05, 3.63) is 69.7 Å². The molecule has 3 rings (SSSR count). The van der Waals surface area contributed by atoms with Crippen LogP contribution in [0.4, 0.5) is 0 Å². The number of likely N-dealkylation sites (tertiary alicyclic amines) is 1. The quantitative estimate of drug-likeness (QED) is 0.377. The van der Waals surface area contributed by atoms with Crippen LogP contribution in [0.5, 0.6) is 0 Å². The lowest BCUT2D eigenvalue weighted by Gasteiger charge is -2.32. The normalized spacial score (nSPS) is 16.6. The topological polar surface area (TPSA) is 54.0 Å². The molecular formula is C26H36Cl3N3O3. The van der Waals surface area contributed by atoms with E-state index in [2.05, 4.69) is 22.3 Å². The van der Waals surface area contributed by atoms with Gasteiger partial charge >= 0.3 is 0 Å². The molecule has 9 heteroatoms.